The first-order valence-electron chi connectivity index (χ1n) is 10.00. The van der Waals surface area contributed by atoms with Crippen LogP contribution in [-0.2, 0) is 16.1 Å². The van der Waals surface area contributed by atoms with Gasteiger partial charge in [-0.25, -0.2) is 4.39 Å². The number of halogens is 1. The summed E-state index contributed by atoms with van der Waals surface area (Å²) in [5.41, 5.74) is 1.59. The van der Waals surface area contributed by atoms with Crippen LogP contribution in [0.25, 0.3) is 6.08 Å². The van der Waals surface area contributed by atoms with Gasteiger partial charge in [0.2, 0.25) is 5.91 Å². The Morgan fingerprint density at radius 3 is 2.53 bits per heavy atom. The molecule has 0 aliphatic carbocycles. The molecule has 1 aliphatic heterocycles. The fraction of sp³-hybridized carbons (Fsp3) is 0.120. The summed E-state index contributed by atoms with van der Waals surface area (Å²) in [7, 11) is 1.59. The summed E-state index contributed by atoms with van der Waals surface area (Å²) in [4.78, 5) is 27.1. The number of nitrogens with one attached hydrogen (secondary N) is 1. The summed E-state index contributed by atoms with van der Waals surface area (Å²) in [5, 5.41) is 2.81. The van der Waals surface area contributed by atoms with Crippen molar-refractivity contribution in [1.29, 1.82) is 0 Å². The van der Waals surface area contributed by atoms with Crippen molar-refractivity contribution in [2.45, 2.75) is 6.54 Å². The molecule has 162 valence electrons. The molecule has 1 heterocycles. The third-order valence-corrected chi connectivity index (χ3v) is 4.97. The second-order valence-corrected chi connectivity index (χ2v) is 7.12. The normalized spacial score (nSPS) is 14.0. The van der Waals surface area contributed by atoms with Crippen LogP contribution in [0, 0.1) is 5.82 Å². The fourth-order valence-electron chi connectivity index (χ4n) is 3.30. The number of nitrogens with zero attached hydrogens (tertiary/aromatic N) is 1. The Balaban J connectivity index is 1.52. The van der Waals surface area contributed by atoms with Gasteiger partial charge in [0.25, 0.3) is 5.91 Å². The van der Waals surface area contributed by atoms with E-state index in [0.717, 1.165) is 11.3 Å². The number of para-hydroxylation sites is 2. The molecule has 0 atom stereocenters. The number of benzene rings is 3. The lowest BCUT2D eigenvalue weighted by Gasteiger charge is -2.30. The van der Waals surface area contributed by atoms with Crippen LogP contribution in [0.3, 0.4) is 0 Å². The molecular formula is C25H21FN2O4. The highest BCUT2D eigenvalue weighted by Crippen LogP contribution is 2.35. The maximum atomic E-state index is 14.1. The Bertz CT molecular complexity index is 1170. The minimum absolute atomic E-state index is 0.0586. The minimum atomic E-state index is -0.522. The van der Waals surface area contributed by atoms with E-state index in [9.17, 15) is 14.0 Å². The molecule has 6 nitrogen and oxygen atoms in total. The van der Waals surface area contributed by atoms with E-state index in [-0.39, 0.29) is 23.8 Å². The van der Waals surface area contributed by atoms with Crippen LogP contribution in [0.4, 0.5) is 10.1 Å². The number of carbonyl (C=O) groups excluding carboxylic acids is 2. The smallest absolute Gasteiger partial charge is 0.294 e. The first kappa shape index (κ1) is 21.1. The zero-order valence-electron chi connectivity index (χ0n) is 17.4. The van der Waals surface area contributed by atoms with Crippen molar-refractivity contribution in [3.05, 3.63) is 95.5 Å². The van der Waals surface area contributed by atoms with E-state index in [0.29, 0.717) is 18.0 Å². The van der Waals surface area contributed by atoms with Crippen molar-refractivity contribution in [2.24, 2.45) is 0 Å². The average Bonchev–Trinajstić information content (AvgIpc) is 2.82. The predicted molar refractivity (Wildman–Crippen MR) is 119 cm³/mol. The average molecular weight is 432 g/mol. The van der Waals surface area contributed by atoms with E-state index in [1.807, 2.05) is 24.3 Å². The SMILES string of the molecule is COc1ccc(CNC(=O)CN2C(=O)C(=Cc3ccccc3F)Oc3ccccc32)cc1. The number of carbonyl (C=O) groups is 2. The van der Waals surface area contributed by atoms with Gasteiger partial charge in [-0.3, -0.25) is 14.5 Å². The molecule has 1 N–H and O–H groups in total. The van der Waals surface area contributed by atoms with Crippen LogP contribution < -0.4 is 19.7 Å². The van der Waals surface area contributed by atoms with E-state index in [4.69, 9.17) is 9.47 Å². The summed E-state index contributed by atoms with van der Waals surface area (Å²) >= 11 is 0. The van der Waals surface area contributed by atoms with E-state index >= 15 is 0 Å². The zero-order valence-corrected chi connectivity index (χ0v) is 17.4. The van der Waals surface area contributed by atoms with Gasteiger partial charge >= 0.3 is 0 Å². The van der Waals surface area contributed by atoms with Gasteiger partial charge in [-0.1, -0.05) is 42.5 Å². The quantitative estimate of drug-likeness (QED) is 0.600. The van der Waals surface area contributed by atoms with E-state index < -0.39 is 11.7 Å². The van der Waals surface area contributed by atoms with Crippen LogP contribution in [0.5, 0.6) is 11.5 Å². The van der Waals surface area contributed by atoms with Crippen LogP contribution in [0.2, 0.25) is 0 Å². The molecule has 1 aliphatic rings. The number of hydrogen-bond acceptors (Lipinski definition) is 4. The lowest BCUT2D eigenvalue weighted by atomic mass is 10.1. The van der Waals surface area contributed by atoms with Crippen LogP contribution in [-0.4, -0.2) is 25.5 Å². The summed E-state index contributed by atoms with van der Waals surface area (Å²) < 4.78 is 24.9. The Morgan fingerprint density at radius 2 is 1.78 bits per heavy atom. The van der Waals surface area contributed by atoms with Crippen molar-refractivity contribution in [1.82, 2.24) is 5.32 Å². The first-order chi connectivity index (χ1) is 15.5. The molecule has 3 aromatic carbocycles. The summed E-state index contributed by atoms with van der Waals surface area (Å²) in [6.07, 6.45) is 1.34. The van der Waals surface area contributed by atoms with Gasteiger partial charge < -0.3 is 14.8 Å². The molecule has 0 saturated heterocycles. The molecule has 0 aromatic heterocycles. The number of ether oxygens (including phenoxy) is 2. The van der Waals surface area contributed by atoms with Crippen molar-refractivity contribution in [3.63, 3.8) is 0 Å². The molecule has 32 heavy (non-hydrogen) atoms. The second-order valence-electron chi connectivity index (χ2n) is 7.12. The van der Waals surface area contributed by atoms with Gasteiger partial charge in [-0.2, -0.15) is 0 Å². The maximum Gasteiger partial charge on any atom is 0.294 e. The third kappa shape index (κ3) is 4.62. The Morgan fingerprint density at radius 1 is 1.06 bits per heavy atom. The van der Waals surface area contributed by atoms with Crippen molar-refractivity contribution >= 4 is 23.6 Å². The topological polar surface area (TPSA) is 67.9 Å². The van der Waals surface area contributed by atoms with Crippen LogP contribution in [0.1, 0.15) is 11.1 Å². The van der Waals surface area contributed by atoms with Crippen molar-refractivity contribution < 1.29 is 23.5 Å². The molecule has 3 aromatic rings. The van der Waals surface area contributed by atoms with Crippen molar-refractivity contribution in [2.75, 3.05) is 18.6 Å². The lowest BCUT2D eigenvalue weighted by molar-refractivity contribution is -0.123. The molecule has 2 amide bonds. The van der Waals surface area contributed by atoms with Gasteiger partial charge in [0.1, 0.15) is 18.1 Å². The number of methoxy groups -OCH3 is 1. The second kappa shape index (κ2) is 9.34. The standard InChI is InChI=1S/C25H21FN2O4/c1-31-19-12-10-17(11-13-19)15-27-24(29)16-28-21-8-4-5-9-22(21)32-23(25(28)30)14-18-6-2-3-7-20(18)26/h2-14H,15-16H2,1H3,(H,27,29). The number of anilines is 1. The van der Waals surface area contributed by atoms with E-state index in [1.54, 1.807) is 49.6 Å². The summed E-state index contributed by atoms with van der Waals surface area (Å²) in [5.74, 6) is -0.249. The van der Waals surface area contributed by atoms with Gasteiger partial charge in [0.15, 0.2) is 11.5 Å². The van der Waals surface area contributed by atoms with Gasteiger partial charge in [-0.15, -0.1) is 0 Å². The molecular weight excluding hydrogens is 411 g/mol. The van der Waals surface area contributed by atoms with E-state index in [2.05, 4.69) is 5.32 Å². The summed E-state index contributed by atoms with van der Waals surface area (Å²) in [6.45, 7) is 0.102. The van der Waals surface area contributed by atoms with Crippen molar-refractivity contribution in [3.8, 4) is 11.5 Å². The Hall–Kier alpha value is -4.13. The lowest BCUT2D eigenvalue weighted by Crippen LogP contribution is -2.44. The molecule has 0 saturated carbocycles. The number of amides is 2. The number of rotatable bonds is 6. The zero-order chi connectivity index (χ0) is 22.5. The van der Waals surface area contributed by atoms with Gasteiger partial charge in [0.05, 0.1) is 12.8 Å². The van der Waals surface area contributed by atoms with Gasteiger partial charge in [0, 0.05) is 12.1 Å². The number of fused-ring (bicyclic) bond motifs is 1. The molecule has 0 spiro atoms. The van der Waals surface area contributed by atoms with Crippen LogP contribution >= 0.6 is 0 Å². The van der Waals surface area contributed by atoms with Crippen LogP contribution in [0.15, 0.2) is 78.6 Å². The maximum absolute atomic E-state index is 14.1. The Labute approximate surface area is 184 Å². The molecule has 0 radical (unpaired) electrons. The summed E-state index contributed by atoms with van der Waals surface area (Å²) in [6, 6.07) is 20.3. The highest BCUT2D eigenvalue weighted by molar-refractivity contribution is 6.12. The highest BCUT2D eigenvalue weighted by Gasteiger charge is 2.31. The monoisotopic (exact) mass is 432 g/mol. The largest absolute Gasteiger partial charge is 0.497 e. The molecule has 0 bridgehead atoms. The predicted octanol–water partition coefficient (Wildman–Crippen LogP) is 3.92. The highest BCUT2D eigenvalue weighted by atomic mass is 19.1. The number of hydrogen-bond donors (Lipinski definition) is 1. The third-order valence-electron chi connectivity index (χ3n) is 4.97. The fourth-order valence-corrected chi connectivity index (χ4v) is 3.30. The Kier molecular flexibility index (Phi) is 6.17. The molecule has 4 rings (SSSR count). The molecule has 7 heteroatoms. The molecule has 0 fully saturated rings. The minimum Gasteiger partial charge on any atom is -0.497 e. The molecule has 0 unspecified atom stereocenters. The van der Waals surface area contributed by atoms with Gasteiger partial charge in [-0.05, 0) is 42.0 Å². The first-order valence-corrected chi connectivity index (χ1v) is 10.00. The van der Waals surface area contributed by atoms with E-state index in [1.165, 1.54) is 17.0 Å².